The number of amides is 3. The van der Waals surface area contributed by atoms with Crippen LogP contribution in [-0.2, 0) is 28.8 Å². The van der Waals surface area contributed by atoms with Gasteiger partial charge in [0.15, 0.2) is 0 Å². The van der Waals surface area contributed by atoms with Crippen LogP contribution in [0.2, 0.25) is 0 Å². The number of aliphatic carboxylic acids is 3. The molecule has 8 N–H and O–H groups in total. The van der Waals surface area contributed by atoms with Crippen molar-refractivity contribution in [2.24, 2.45) is 11.7 Å². The second-order valence-electron chi connectivity index (χ2n) is 7.47. The molecule has 13 nitrogen and oxygen atoms in total. The molecule has 0 spiro atoms. The predicted octanol–water partition coefficient (Wildman–Crippen LogP) is -1.83. The molecule has 0 aromatic carbocycles. The van der Waals surface area contributed by atoms with E-state index in [0.29, 0.717) is 0 Å². The summed E-state index contributed by atoms with van der Waals surface area (Å²) >= 11 is 3.84. The Morgan fingerprint density at radius 1 is 0.812 bits per heavy atom. The molecular weight excluding hydrogens is 448 g/mol. The molecule has 0 fully saturated rings. The van der Waals surface area contributed by atoms with Gasteiger partial charge in [-0.3, -0.25) is 24.0 Å². The van der Waals surface area contributed by atoms with E-state index in [9.17, 15) is 33.9 Å². The Kier molecular flexibility index (Phi) is 13.0. The maximum absolute atomic E-state index is 12.6. The van der Waals surface area contributed by atoms with Gasteiger partial charge in [-0.25, -0.2) is 4.79 Å². The Labute approximate surface area is 189 Å². The lowest BCUT2D eigenvalue weighted by molar-refractivity contribution is -0.144. The highest BCUT2D eigenvalue weighted by molar-refractivity contribution is 7.80. The number of thiol groups is 1. The molecule has 32 heavy (non-hydrogen) atoms. The third kappa shape index (κ3) is 11.5. The molecule has 14 heteroatoms. The van der Waals surface area contributed by atoms with Crippen LogP contribution in [0.25, 0.3) is 0 Å². The number of nitrogens with two attached hydrogens (primary N) is 1. The van der Waals surface area contributed by atoms with Gasteiger partial charge in [-0.05, 0) is 18.8 Å². The van der Waals surface area contributed by atoms with Crippen molar-refractivity contribution in [3.05, 3.63) is 0 Å². The number of carboxylic acid groups (broad SMARTS) is 3. The number of hydrogen-bond acceptors (Lipinski definition) is 8. The van der Waals surface area contributed by atoms with E-state index in [1.54, 1.807) is 13.8 Å². The van der Waals surface area contributed by atoms with Crippen molar-refractivity contribution in [3.8, 4) is 0 Å². The summed E-state index contributed by atoms with van der Waals surface area (Å²) in [4.78, 5) is 70.5. The maximum Gasteiger partial charge on any atom is 0.326 e. The fourth-order valence-corrected chi connectivity index (χ4v) is 2.69. The molecule has 182 valence electrons. The number of hydrogen-bond donors (Lipinski definition) is 8. The molecular formula is C18H30N4O9S. The Balaban J connectivity index is 5.55. The third-order valence-electron chi connectivity index (χ3n) is 4.15. The largest absolute Gasteiger partial charge is 0.481 e. The van der Waals surface area contributed by atoms with E-state index in [-0.39, 0.29) is 18.1 Å². The quantitative estimate of drug-likeness (QED) is 0.123. The van der Waals surface area contributed by atoms with Gasteiger partial charge in [-0.1, -0.05) is 13.8 Å². The lowest BCUT2D eigenvalue weighted by Gasteiger charge is -2.24. The summed E-state index contributed by atoms with van der Waals surface area (Å²) in [6, 6.07) is -5.51. The van der Waals surface area contributed by atoms with Gasteiger partial charge in [0.2, 0.25) is 17.7 Å². The molecule has 4 unspecified atom stereocenters. The van der Waals surface area contributed by atoms with Gasteiger partial charge < -0.3 is 37.0 Å². The Hall–Kier alpha value is -2.87. The highest BCUT2D eigenvalue weighted by Crippen LogP contribution is 2.07. The van der Waals surface area contributed by atoms with Crippen molar-refractivity contribution in [1.82, 2.24) is 16.0 Å². The zero-order valence-electron chi connectivity index (χ0n) is 17.7. The van der Waals surface area contributed by atoms with Gasteiger partial charge in [0, 0.05) is 12.2 Å². The lowest BCUT2D eigenvalue weighted by atomic mass is 10.0. The van der Waals surface area contributed by atoms with Crippen LogP contribution in [0.1, 0.15) is 39.5 Å². The van der Waals surface area contributed by atoms with Crippen LogP contribution >= 0.6 is 12.6 Å². The normalized spacial score (nSPS) is 14.5. The van der Waals surface area contributed by atoms with E-state index in [2.05, 4.69) is 28.6 Å². The Morgan fingerprint density at radius 3 is 1.75 bits per heavy atom. The Morgan fingerprint density at radius 2 is 1.31 bits per heavy atom. The van der Waals surface area contributed by atoms with E-state index >= 15 is 0 Å². The molecule has 3 amide bonds. The molecule has 0 saturated carbocycles. The number of carbonyl (C=O) groups is 6. The summed E-state index contributed by atoms with van der Waals surface area (Å²) in [5, 5.41) is 33.8. The van der Waals surface area contributed by atoms with Gasteiger partial charge in [0.25, 0.3) is 0 Å². The van der Waals surface area contributed by atoms with Crippen LogP contribution in [0.4, 0.5) is 0 Å². The number of carbonyl (C=O) groups excluding carboxylic acids is 3. The summed E-state index contributed by atoms with van der Waals surface area (Å²) < 4.78 is 0. The first-order valence-electron chi connectivity index (χ1n) is 9.72. The smallest absolute Gasteiger partial charge is 0.326 e. The molecule has 0 saturated heterocycles. The third-order valence-corrected chi connectivity index (χ3v) is 4.54. The zero-order valence-corrected chi connectivity index (χ0v) is 18.6. The van der Waals surface area contributed by atoms with Gasteiger partial charge >= 0.3 is 17.9 Å². The predicted molar refractivity (Wildman–Crippen MR) is 114 cm³/mol. The van der Waals surface area contributed by atoms with Crippen LogP contribution in [0.15, 0.2) is 0 Å². The van der Waals surface area contributed by atoms with Crippen LogP contribution in [0.3, 0.4) is 0 Å². The van der Waals surface area contributed by atoms with Crippen molar-refractivity contribution in [2.75, 3.05) is 5.75 Å². The van der Waals surface area contributed by atoms with Gasteiger partial charge in [0.05, 0.1) is 12.5 Å². The van der Waals surface area contributed by atoms with Crippen LogP contribution in [-0.4, -0.2) is 80.9 Å². The topological polar surface area (TPSA) is 225 Å². The fourth-order valence-electron chi connectivity index (χ4n) is 2.52. The Bertz CT molecular complexity index is 717. The van der Waals surface area contributed by atoms with E-state index in [1.807, 2.05) is 0 Å². The molecule has 0 aliphatic rings. The fraction of sp³-hybridized carbons (Fsp3) is 0.667. The SMILES string of the molecule is CC(C)CC(NC(=O)C(CCC(=O)O)NC(=O)C(CC(=O)O)NC(=O)C(N)CS)C(=O)O. The molecule has 0 aliphatic heterocycles. The number of nitrogens with one attached hydrogen (secondary N) is 3. The zero-order chi connectivity index (χ0) is 25.0. The molecule has 0 rings (SSSR count). The van der Waals surface area contributed by atoms with Crippen molar-refractivity contribution >= 4 is 48.3 Å². The molecule has 0 heterocycles. The summed E-state index contributed by atoms with van der Waals surface area (Å²) in [6.07, 6.45) is -1.69. The number of carboxylic acids is 3. The van der Waals surface area contributed by atoms with E-state index < -0.39 is 79.1 Å². The van der Waals surface area contributed by atoms with Gasteiger partial charge in [0.1, 0.15) is 18.1 Å². The van der Waals surface area contributed by atoms with Crippen molar-refractivity contribution < 1.29 is 44.1 Å². The first-order valence-corrected chi connectivity index (χ1v) is 10.4. The average molecular weight is 479 g/mol. The van der Waals surface area contributed by atoms with Crippen LogP contribution < -0.4 is 21.7 Å². The van der Waals surface area contributed by atoms with Crippen LogP contribution in [0.5, 0.6) is 0 Å². The van der Waals surface area contributed by atoms with E-state index in [0.717, 1.165) is 0 Å². The van der Waals surface area contributed by atoms with Crippen molar-refractivity contribution in [3.63, 3.8) is 0 Å². The molecule has 0 bridgehead atoms. The summed E-state index contributed by atoms with van der Waals surface area (Å²) in [7, 11) is 0. The van der Waals surface area contributed by atoms with Crippen molar-refractivity contribution in [1.29, 1.82) is 0 Å². The molecule has 0 aromatic rings. The standard InChI is InChI=1S/C18H30N4O9S/c1-8(2)5-12(18(30)31)22-16(28)10(3-4-13(23)24)20-17(29)11(6-14(25)26)21-15(27)9(19)7-32/h8-12,32H,3-7,19H2,1-2H3,(H,20,29)(H,21,27)(H,22,28)(H,23,24)(H,25,26)(H,30,31). The summed E-state index contributed by atoms with van der Waals surface area (Å²) in [5.74, 6) is -7.07. The molecule has 0 aromatic heterocycles. The van der Waals surface area contributed by atoms with Crippen molar-refractivity contribution in [2.45, 2.75) is 63.7 Å². The van der Waals surface area contributed by atoms with Gasteiger partial charge in [-0.2, -0.15) is 12.6 Å². The van der Waals surface area contributed by atoms with E-state index in [4.69, 9.17) is 15.9 Å². The maximum atomic E-state index is 12.6. The highest BCUT2D eigenvalue weighted by Gasteiger charge is 2.31. The first kappa shape index (κ1) is 29.1. The summed E-state index contributed by atoms with van der Waals surface area (Å²) in [5.41, 5.74) is 5.50. The van der Waals surface area contributed by atoms with Gasteiger partial charge in [-0.15, -0.1) is 0 Å². The number of rotatable bonds is 15. The monoisotopic (exact) mass is 478 g/mol. The second kappa shape index (κ2) is 14.2. The minimum absolute atomic E-state index is 0.0800. The second-order valence-corrected chi connectivity index (χ2v) is 7.84. The summed E-state index contributed by atoms with van der Waals surface area (Å²) in [6.45, 7) is 3.47. The molecule has 0 radical (unpaired) electrons. The lowest BCUT2D eigenvalue weighted by Crippen LogP contribution is -2.57. The minimum atomic E-state index is -1.61. The average Bonchev–Trinajstić information content (AvgIpc) is 2.67. The molecule has 0 aliphatic carbocycles. The minimum Gasteiger partial charge on any atom is -0.481 e. The first-order chi connectivity index (χ1) is 14.8. The highest BCUT2D eigenvalue weighted by atomic mass is 32.1. The van der Waals surface area contributed by atoms with Crippen LogP contribution in [0, 0.1) is 5.92 Å². The van der Waals surface area contributed by atoms with E-state index in [1.165, 1.54) is 0 Å². The molecule has 4 atom stereocenters.